The summed E-state index contributed by atoms with van der Waals surface area (Å²) in [5, 5.41) is 13.8. The molecule has 1 N–H and O–H groups in total. The van der Waals surface area contributed by atoms with Crippen molar-refractivity contribution in [3.05, 3.63) is 106 Å². The van der Waals surface area contributed by atoms with E-state index in [0.29, 0.717) is 55.4 Å². The lowest BCUT2D eigenvalue weighted by molar-refractivity contribution is -0.907. The Bertz CT molecular complexity index is 1370. The van der Waals surface area contributed by atoms with E-state index in [4.69, 9.17) is 9.47 Å². The highest BCUT2D eigenvalue weighted by Gasteiger charge is 2.44. The van der Waals surface area contributed by atoms with Gasteiger partial charge in [0.2, 0.25) is 5.78 Å². The summed E-state index contributed by atoms with van der Waals surface area (Å²) < 4.78 is 25.1. The fraction of sp³-hybridized carbons (Fsp3) is 0.290. The molecule has 0 aromatic heterocycles. The monoisotopic (exact) mass is 530 g/mol. The summed E-state index contributed by atoms with van der Waals surface area (Å²) in [6.07, 6.45) is 0. The minimum atomic E-state index is -0.882. The second-order valence-electron chi connectivity index (χ2n) is 9.89. The Labute approximate surface area is 227 Å². The van der Waals surface area contributed by atoms with E-state index in [9.17, 15) is 19.1 Å². The molecule has 202 valence electrons. The van der Waals surface area contributed by atoms with Crippen molar-refractivity contribution in [1.82, 2.24) is 4.90 Å². The van der Waals surface area contributed by atoms with Crippen LogP contribution in [-0.2, 0) is 20.9 Å². The SMILES string of the molecule is Cc1cc(OCc2ccccc2)ccc1/C([O-])=C1\C(=O)C(=O)N(CC[NH+]2CCOCC2)C1c1ccc(F)cc1. The first-order valence-electron chi connectivity index (χ1n) is 13.1. The summed E-state index contributed by atoms with van der Waals surface area (Å²) in [6, 6.07) is 19.5. The van der Waals surface area contributed by atoms with Crippen molar-refractivity contribution in [2.24, 2.45) is 0 Å². The maximum atomic E-state index is 13.8. The molecule has 2 fully saturated rings. The molecular formula is C31H31FN2O5. The van der Waals surface area contributed by atoms with E-state index < -0.39 is 29.3 Å². The van der Waals surface area contributed by atoms with Crippen LogP contribution >= 0.6 is 0 Å². The van der Waals surface area contributed by atoms with Gasteiger partial charge >= 0.3 is 0 Å². The van der Waals surface area contributed by atoms with E-state index >= 15 is 0 Å². The van der Waals surface area contributed by atoms with Gasteiger partial charge in [-0.1, -0.05) is 54.3 Å². The number of halogens is 1. The van der Waals surface area contributed by atoms with Gasteiger partial charge in [0.1, 0.15) is 31.3 Å². The maximum Gasteiger partial charge on any atom is 0.295 e. The number of ether oxygens (including phenoxy) is 2. The second kappa shape index (κ2) is 11.8. The van der Waals surface area contributed by atoms with E-state index in [1.807, 2.05) is 30.3 Å². The van der Waals surface area contributed by atoms with Crippen LogP contribution in [0.5, 0.6) is 5.75 Å². The third-order valence-corrected chi connectivity index (χ3v) is 7.31. The molecule has 1 atom stereocenters. The van der Waals surface area contributed by atoms with Crippen LogP contribution in [0.4, 0.5) is 4.39 Å². The van der Waals surface area contributed by atoms with Crippen LogP contribution in [0.3, 0.4) is 0 Å². The van der Waals surface area contributed by atoms with Crippen molar-refractivity contribution < 1.29 is 33.5 Å². The van der Waals surface area contributed by atoms with Gasteiger partial charge in [0, 0.05) is 5.57 Å². The van der Waals surface area contributed by atoms with E-state index in [0.717, 1.165) is 18.7 Å². The molecule has 8 heteroatoms. The number of nitrogens with zero attached hydrogens (tertiary/aromatic N) is 1. The number of morpholine rings is 1. The van der Waals surface area contributed by atoms with Crippen molar-refractivity contribution in [1.29, 1.82) is 0 Å². The number of carbonyl (C=O) groups is 2. The third kappa shape index (κ3) is 5.87. The zero-order chi connectivity index (χ0) is 27.4. The molecule has 1 amide bonds. The van der Waals surface area contributed by atoms with Gasteiger partial charge in [-0.05, 0) is 53.4 Å². The Balaban J connectivity index is 1.45. The molecule has 0 spiro atoms. The van der Waals surface area contributed by atoms with Gasteiger partial charge in [0.25, 0.3) is 5.91 Å². The Kier molecular flexibility index (Phi) is 8.05. The molecule has 7 nitrogen and oxygen atoms in total. The first-order chi connectivity index (χ1) is 18.9. The van der Waals surface area contributed by atoms with E-state index in [1.54, 1.807) is 25.1 Å². The molecule has 39 heavy (non-hydrogen) atoms. The van der Waals surface area contributed by atoms with Crippen molar-refractivity contribution in [3.63, 3.8) is 0 Å². The highest BCUT2D eigenvalue weighted by atomic mass is 19.1. The molecule has 0 radical (unpaired) electrons. The average Bonchev–Trinajstić information content (AvgIpc) is 3.21. The number of nitrogens with one attached hydrogen (secondary N) is 1. The van der Waals surface area contributed by atoms with Crippen LogP contribution in [0.2, 0.25) is 0 Å². The summed E-state index contributed by atoms with van der Waals surface area (Å²) in [4.78, 5) is 29.2. The molecule has 2 aliphatic heterocycles. The Morgan fingerprint density at radius 2 is 1.77 bits per heavy atom. The fourth-order valence-electron chi connectivity index (χ4n) is 5.15. The highest BCUT2D eigenvalue weighted by molar-refractivity contribution is 6.46. The number of hydrogen-bond acceptors (Lipinski definition) is 5. The first-order valence-corrected chi connectivity index (χ1v) is 13.1. The summed E-state index contributed by atoms with van der Waals surface area (Å²) in [7, 11) is 0. The summed E-state index contributed by atoms with van der Waals surface area (Å²) in [6.45, 7) is 5.97. The van der Waals surface area contributed by atoms with Crippen LogP contribution in [0.15, 0.2) is 78.4 Å². The van der Waals surface area contributed by atoms with Gasteiger partial charge in [-0.15, -0.1) is 0 Å². The van der Waals surface area contributed by atoms with E-state index in [2.05, 4.69) is 0 Å². The molecule has 2 aliphatic rings. The average molecular weight is 531 g/mol. The number of amides is 1. The molecule has 3 aromatic carbocycles. The van der Waals surface area contributed by atoms with Gasteiger partial charge in [0.15, 0.2) is 0 Å². The second-order valence-corrected chi connectivity index (χ2v) is 9.89. The van der Waals surface area contributed by atoms with Crippen molar-refractivity contribution in [2.75, 3.05) is 39.4 Å². The maximum absolute atomic E-state index is 13.8. The number of rotatable bonds is 8. The number of hydrogen-bond donors (Lipinski definition) is 1. The normalized spacial score (nSPS) is 19.4. The third-order valence-electron chi connectivity index (χ3n) is 7.31. The van der Waals surface area contributed by atoms with Crippen LogP contribution < -0.4 is 14.7 Å². The summed E-state index contributed by atoms with van der Waals surface area (Å²) >= 11 is 0. The zero-order valence-corrected chi connectivity index (χ0v) is 21.8. The number of ketones is 1. The summed E-state index contributed by atoms with van der Waals surface area (Å²) in [5.41, 5.74) is 2.39. The lowest BCUT2D eigenvalue weighted by Gasteiger charge is -2.30. The van der Waals surface area contributed by atoms with E-state index in [1.165, 1.54) is 34.1 Å². The minimum Gasteiger partial charge on any atom is -0.872 e. The van der Waals surface area contributed by atoms with Gasteiger partial charge in [-0.25, -0.2) is 4.39 Å². The Hall–Kier alpha value is -4.01. The highest BCUT2D eigenvalue weighted by Crippen LogP contribution is 2.39. The lowest BCUT2D eigenvalue weighted by Crippen LogP contribution is -3.14. The van der Waals surface area contributed by atoms with Crippen LogP contribution in [0.1, 0.15) is 28.3 Å². The zero-order valence-electron chi connectivity index (χ0n) is 21.8. The van der Waals surface area contributed by atoms with Gasteiger partial charge < -0.3 is 24.4 Å². The number of likely N-dealkylation sites (tertiary alicyclic amines) is 1. The van der Waals surface area contributed by atoms with Crippen molar-refractivity contribution in [2.45, 2.75) is 19.6 Å². The molecule has 0 aliphatic carbocycles. The first kappa shape index (κ1) is 26.6. The quantitative estimate of drug-likeness (QED) is 0.273. The predicted octanol–water partition coefficient (Wildman–Crippen LogP) is 1.85. The smallest absolute Gasteiger partial charge is 0.295 e. The molecule has 3 aromatic rings. The number of benzene rings is 3. The fourth-order valence-corrected chi connectivity index (χ4v) is 5.15. The van der Waals surface area contributed by atoms with Crippen LogP contribution in [0.25, 0.3) is 5.76 Å². The Morgan fingerprint density at radius 1 is 1.05 bits per heavy atom. The Morgan fingerprint density at radius 3 is 2.46 bits per heavy atom. The van der Waals surface area contributed by atoms with Crippen LogP contribution in [-0.4, -0.2) is 56.0 Å². The van der Waals surface area contributed by atoms with Gasteiger partial charge in [-0.3, -0.25) is 9.59 Å². The molecule has 0 bridgehead atoms. The molecular weight excluding hydrogens is 499 g/mol. The summed E-state index contributed by atoms with van der Waals surface area (Å²) in [5.74, 6) is -1.86. The number of aryl methyl sites for hydroxylation is 1. The van der Waals surface area contributed by atoms with Gasteiger partial charge in [0.05, 0.1) is 32.3 Å². The van der Waals surface area contributed by atoms with E-state index in [-0.39, 0.29) is 5.57 Å². The standard InChI is InChI=1S/C31H31FN2O5/c1-21-19-25(39-20-22-5-3-2-4-6-22)11-12-26(21)29(35)27-28(23-7-9-24(32)10-8-23)34(31(37)30(27)36)14-13-33-15-17-38-18-16-33/h2-12,19,28,35H,13-18,20H2,1H3/b29-27+. The molecule has 1 unspecified atom stereocenters. The molecule has 5 rings (SSSR count). The molecule has 2 saturated heterocycles. The van der Waals surface area contributed by atoms with Crippen LogP contribution in [0, 0.1) is 12.7 Å². The van der Waals surface area contributed by atoms with Gasteiger partial charge in [-0.2, -0.15) is 0 Å². The number of carbonyl (C=O) groups excluding carboxylic acids is 2. The predicted molar refractivity (Wildman–Crippen MR) is 141 cm³/mol. The number of Topliss-reactive ketones (excluding diaryl/α,β-unsaturated/α-hetero) is 1. The lowest BCUT2D eigenvalue weighted by atomic mass is 9.94. The minimum absolute atomic E-state index is 0.107. The van der Waals surface area contributed by atoms with Crippen molar-refractivity contribution >= 4 is 17.4 Å². The topological polar surface area (TPSA) is 83.3 Å². The largest absolute Gasteiger partial charge is 0.872 e. The molecule has 2 heterocycles. The van der Waals surface area contributed by atoms with Crippen molar-refractivity contribution in [3.8, 4) is 5.75 Å². The number of quaternary nitrogens is 1. The molecule has 0 saturated carbocycles.